The van der Waals surface area contributed by atoms with Crippen LogP contribution in [0.5, 0.6) is 0 Å². The van der Waals surface area contributed by atoms with Gasteiger partial charge in [0.2, 0.25) is 0 Å². The first-order valence-corrected chi connectivity index (χ1v) is 17.3. The molecule has 0 nitrogen and oxygen atoms in total. The molecule has 0 heterocycles. The van der Waals surface area contributed by atoms with Crippen molar-refractivity contribution in [2.45, 2.75) is 39.8 Å². The smallest absolute Gasteiger partial charge is 0.0771 e. The summed E-state index contributed by atoms with van der Waals surface area (Å²) in [6.45, 7) is 9.03. The van der Waals surface area contributed by atoms with Crippen LogP contribution in [0.4, 0.5) is 0 Å². The number of fused-ring (bicyclic) bond motifs is 3. The predicted octanol–water partition coefficient (Wildman–Crippen LogP) is 7.22. The Morgan fingerprint density at radius 1 is 0.962 bits per heavy atom. The van der Waals surface area contributed by atoms with E-state index in [1.807, 2.05) is 0 Å². The van der Waals surface area contributed by atoms with Crippen LogP contribution >= 0.6 is 0 Å². The van der Waals surface area contributed by atoms with E-state index < -0.39 is 0 Å². The number of hydrogen-bond donors (Lipinski definition) is 0. The topological polar surface area (TPSA) is 0 Å². The zero-order valence-electron chi connectivity index (χ0n) is 16.3. The number of hydrogen-bond acceptors (Lipinski definition) is 0. The summed E-state index contributed by atoms with van der Waals surface area (Å²) < 4.78 is 0. The number of allylic oxidation sites excluding steroid dienone is 4. The van der Waals surface area contributed by atoms with Crippen molar-refractivity contribution in [1.29, 1.82) is 0 Å². The van der Waals surface area contributed by atoms with Crippen LogP contribution in [0.3, 0.4) is 0 Å². The van der Waals surface area contributed by atoms with Gasteiger partial charge in [0.05, 0.1) is 0 Å². The van der Waals surface area contributed by atoms with Crippen LogP contribution in [0, 0.1) is 12.0 Å². The molecule has 0 bridgehead atoms. The molecule has 0 amide bonds. The second-order valence-corrected chi connectivity index (χ2v) is 19.5. The van der Waals surface area contributed by atoms with Gasteiger partial charge in [0, 0.05) is 0 Å². The molecule has 132 valence electrons. The van der Waals surface area contributed by atoms with Crippen molar-refractivity contribution in [3.63, 3.8) is 0 Å². The van der Waals surface area contributed by atoms with Crippen LogP contribution in [0.25, 0.3) is 21.5 Å². The Morgan fingerprint density at radius 2 is 1.46 bits per heavy atom. The van der Waals surface area contributed by atoms with E-state index in [1.165, 1.54) is 56.5 Å². The molecule has 0 saturated carbocycles. The summed E-state index contributed by atoms with van der Waals surface area (Å²) in [5.41, 5.74) is 1.64. The van der Waals surface area contributed by atoms with Crippen molar-refractivity contribution >= 4 is 27.0 Å². The van der Waals surface area contributed by atoms with E-state index in [-0.39, 0.29) is 5.49 Å². The molecule has 1 aliphatic carbocycles. The minimum Gasteiger partial charge on any atom is -0.126 e. The van der Waals surface area contributed by atoms with Gasteiger partial charge in [-0.15, -0.1) is 39.7 Å². The Balaban J connectivity index is 0.000000164. The first-order valence-electron chi connectivity index (χ1n) is 9.40. The quantitative estimate of drug-likeness (QED) is 0.246. The largest absolute Gasteiger partial charge is 0.126 e. The molecule has 1 atom stereocenters. The van der Waals surface area contributed by atoms with Crippen molar-refractivity contribution in [2.75, 3.05) is 0 Å². The molecule has 3 aromatic carbocycles. The molecule has 0 radical (unpaired) electrons. The van der Waals surface area contributed by atoms with Gasteiger partial charge in [-0.25, -0.2) is 11.6 Å². The fourth-order valence-electron chi connectivity index (χ4n) is 2.93. The van der Waals surface area contributed by atoms with E-state index in [9.17, 15) is 0 Å². The van der Waals surface area contributed by atoms with E-state index >= 15 is 0 Å². The molecule has 1 aliphatic rings. The van der Waals surface area contributed by atoms with Gasteiger partial charge in [0.25, 0.3) is 0 Å². The normalized spacial score (nSPS) is 15.2. The summed E-state index contributed by atoms with van der Waals surface area (Å²) >= 11 is 1.45. The summed E-state index contributed by atoms with van der Waals surface area (Å²) in [6, 6.07) is 19.3. The van der Waals surface area contributed by atoms with Gasteiger partial charge in [-0.1, -0.05) is 69.0 Å². The van der Waals surface area contributed by atoms with Crippen LogP contribution in [0.1, 0.15) is 26.7 Å². The molecule has 1 unspecified atom stereocenters. The molecule has 3 aromatic rings. The molecule has 0 aliphatic heterocycles. The molecule has 0 N–H and O–H groups in total. The molecule has 0 aromatic heterocycles. The van der Waals surface area contributed by atoms with Crippen molar-refractivity contribution in [2.24, 2.45) is 5.92 Å². The maximum absolute atomic E-state index is 3.40. The third-order valence-corrected chi connectivity index (χ3v) is 4.24. The molecule has 2 heteroatoms. The van der Waals surface area contributed by atoms with Gasteiger partial charge < -0.3 is 0 Å². The Kier molecular flexibility index (Phi) is 8.87. The van der Waals surface area contributed by atoms with Gasteiger partial charge in [-0.3, -0.25) is 6.08 Å². The Bertz CT molecular complexity index is 860. The summed E-state index contributed by atoms with van der Waals surface area (Å²) in [5.74, 6) is 0.611. The fraction of sp³-hybridized carbons (Fsp3) is 0.292. The second-order valence-electron chi connectivity index (χ2n) is 6.72. The van der Waals surface area contributed by atoms with E-state index in [0.29, 0.717) is 5.92 Å². The molecule has 4 rings (SSSR count). The monoisotopic (exact) mass is 524 g/mol. The zero-order chi connectivity index (χ0) is 18.9. The minimum atomic E-state index is 0.259. The second kappa shape index (κ2) is 10.9. The fourth-order valence-corrected chi connectivity index (χ4v) is 2.93. The van der Waals surface area contributed by atoms with E-state index in [0.717, 1.165) is 6.42 Å². The first-order chi connectivity index (χ1) is 12.5. The Hall–Kier alpha value is -1.12. The van der Waals surface area contributed by atoms with Crippen molar-refractivity contribution in [3.05, 3.63) is 78.4 Å². The van der Waals surface area contributed by atoms with Crippen molar-refractivity contribution in [3.8, 4) is 0 Å². The summed E-state index contributed by atoms with van der Waals surface area (Å²) in [6.07, 6.45) is 10.1. The first kappa shape index (κ1) is 21.2. The molecular formula is C24H28HfSi. The van der Waals surface area contributed by atoms with Crippen LogP contribution < -0.4 is 0 Å². The van der Waals surface area contributed by atoms with Gasteiger partial charge in [-0.05, 0) is 0 Å². The number of rotatable bonds is 2. The molecule has 0 saturated heterocycles. The van der Waals surface area contributed by atoms with E-state index in [4.69, 9.17) is 0 Å². The van der Waals surface area contributed by atoms with Crippen LogP contribution in [-0.4, -0.2) is 5.49 Å². The number of benzene rings is 2. The molecule has 26 heavy (non-hydrogen) atoms. The Labute approximate surface area is 173 Å². The molecular weight excluding hydrogens is 495 g/mol. The van der Waals surface area contributed by atoms with Gasteiger partial charge in [0.1, 0.15) is 0 Å². The predicted molar refractivity (Wildman–Crippen MR) is 114 cm³/mol. The zero-order valence-corrected chi connectivity index (χ0v) is 20.9. The summed E-state index contributed by atoms with van der Waals surface area (Å²) in [7, 11) is 0. The Morgan fingerprint density at radius 3 is 1.85 bits per heavy atom. The van der Waals surface area contributed by atoms with Gasteiger partial charge in [0.15, 0.2) is 0 Å². The van der Waals surface area contributed by atoms with Crippen molar-refractivity contribution < 1.29 is 23.0 Å². The van der Waals surface area contributed by atoms with Crippen LogP contribution in [-0.2, 0) is 23.0 Å². The SMILES string of the molecule is CCC1=[C-]C(CC)C=C1.C[Si](C)=[Hf+2].c1ccc2c(c1)[cH-]c1ccccc12. The molecule has 0 fully saturated rings. The maximum atomic E-state index is 3.40. The van der Waals surface area contributed by atoms with E-state index in [2.05, 4.69) is 99.8 Å². The minimum absolute atomic E-state index is 0.259. The van der Waals surface area contributed by atoms with E-state index in [1.54, 1.807) is 0 Å². The third-order valence-electron chi connectivity index (χ3n) is 4.24. The third kappa shape index (κ3) is 6.24. The van der Waals surface area contributed by atoms with Crippen molar-refractivity contribution in [1.82, 2.24) is 0 Å². The maximum Gasteiger partial charge on any atom is -0.0771 e. The van der Waals surface area contributed by atoms with Gasteiger partial charge >= 0.3 is 41.6 Å². The van der Waals surface area contributed by atoms with Crippen LogP contribution in [0.2, 0.25) is 13.1 Å². The summed E-state index contributed by atoms with van der Waals surface area (Å²) in [4.78, 5) is 0. The standard InChI is InChI=1S/C13H9.C9H13.C2H6Si.Hf/c1-3-7-12-10(5-1)9-11-6-2-4-8-13(11)12;1-3-8-5-6-9(4-2)7-8;1-3-2;/h1-9H;5-6,8H,3-4H2,1-2H3;1-2H3;/q2*-1;;+2. The van der Waals surface area contributed by atoms with Crippen LogP contribution in [0.15, 0.2) is 72.3 Å². The average Bonchev–Trinajstić information content (AvgIpc) is 3.26. The summed E-state index contributed by atoms with van der Waals surface area (Å²) in [5, 5.41) is 5.39. The molecule has 0 spiro atoms. The van der Waals surface area contributed by atoms with Gasteiger partial charge in [-0.2, -0.15) is 6.08 Å². The average molecular weight is 523 g/mol.